The van der Waals surface area contributed by atoms with Gasteiger partial charge in [0.25, 0.3) is 0 Å². The van der Waals surface area contributed by atoms with E-state index >= 15 is 0 Å². The predicted molar refractivity (Wildman–Crippen MR) is 68.6 cm³/mol. The largest absolute Gasteiger partial charge is 0.379 e. The van der Waals surface area contributed by atoms with E-state index in [0.717, 1.165) is 32.3 Å². The second kappa shape index (κ2) is 6.97. The van der Waals surface area contributed by atoms with E-state index in [2.05, 4.69) is 19.2 Å². The van der Waals surface area contributed by atoms with Crippen LogP contribution in [0.4, 0.5) is 0 Å². The van der Waals surface area contributed by atoms with Crippen molar-refractivity contribution in [1.82, 2.24) is 5.32 Å². The third kappa shape index (κ3) is 4.28. The van der Waals surface area contributed by atoms with E-state index in [-0.39, 0.29) is 11.3 Å². The highest BCUT2D eigenvalue weighted by molar-refractivity contribution is 5.83. The maximum Gasteiger partial charge on any atom is 0.227 e. The van der Waals surface area contributed by atoms with Crippen LogP contribution in [0.15, 0.2) is 0 Å². The Morgan fingerprint density at radius 2 is 2.06 bits per heavy atom. The van der Waals surface area contributed by atoms with Crippen molar-refractivity contribution in [3.05, 3.63) is 0 Å². The molecule has 1 amide bonds. The molecule has 17 heavy (non-hydrogen) atoms. The second-order valence-electron chi connectivity index (χ2n) is 5.42. The minimum Gasteiger partial charge on any atom is -0.379 e. The number of rotatable bonds is 7. The van der Waals surface area contributed by atoms with Crippen molar-refractivity contribution in [2.45, 2.75) is 39.5 Å². The molecule has 4 nitrogen and oxygen atoms in total. The molecule has 0 radical (unpaired) electrons. The summed E-state index contributed by atoms with van der Waals surface area (Å²) in [6.07, 6.45) is 4.10. The van der Waals surface area contributed by atoms with E-state index < -0.39 is 0 Å². The van der Waals surface area contributed by atoms with Crippen molar-refractivity contribution in [3.63, 3.8) is 0 Å². The lowest BCUT2D eigenvalue weighted by molar-refractivity contribution is -0.130. The highest BCUT2D eigenvalue weighted by Gasteiger charge is 2.39. The molecule has 1 aliphatic carbocycles. The van der Waals surface area contributed by atoms with Gasteiger partial charge in [0.1, 0.15) is 0 Å². The summed E-state index contributed by atoms with van der Waals surface area (Å²) in [6, 6.07) is 0. The van der Waals surface area contributed by atoms with Crippen molar-refractivity contribution in [3.8, 4) is 0 Å². The molecule has 4 heteroatoms. The van der Waals surface area contributed by atoms with Crippen molar-refractivity contribution in [1.29, 1.82) is 0 Å². The van der Waals surface area contributed by atoms with Crippen LogP contribution in [0, 0.1) is 11.3 Å². The molecule has 0 saturated heterocycles. The van der Waals surface area contributed by atoms with Gasteiger partial charge >= 0.3 is 0 Å². The standard InChI is InChI=1S/C13H26N2O2/c1-11(2)9-17-8-7-15-12(16)13(10-14)5-3-4-6-13/h11H,3-10,14H2,1-2H3,(H,15,16). The highest BCUT2D eigenvalue weighted by Crippen LogP contribution is 2.37. The Bertz CT molecular complexity index is 236. The fraction of sp³-hybridized carbons (Fsp3) is 0.923. The van der Waals surface area contributed by atoms with Gasteiger partial charge in [0.15, 0.2) is 0 Å². The van der Waals surface area contributed by atoms with Crippen LogP contribution < -0.4 is 11.1 Å². The quantitative estimate of drug-likeness (QED) is 0.661. The minimum absolute atomic E-state index is 0.116. The third-order valence-corrected chi connectivity index (χ3v) is 3.42. The summed E-state index contributed by atoms with van der Waals surface area (Å²) in [5.41, 5.74) is 5.45. The number of hydrogen-bond donors (Lipinski definition) is 2. The summed E-state index contributed by atoms with van der Waals surface area (Å²) in [5.74, 6) is 0.654. The molecule has 0 atom stereocenters. The molecule has 1 aliphatic rings. The first kappa shape index (κ1) is 14.5. The zero-order valence-corrected chi connectivity index (χ0v) is 11.1. The Morgan fingerprint density at radius 3 is 2.59 bits per heavy atom. The number of nitrogens with two attached hydrogens (primary N) is 1. The summed E-state index contributed by atoms with van der Waals surface area (Å²) in [6.45, 7) is 6.61. The summed E-state index contributed by atoms with van der Waals surface area (Å²) in [4.78, 5) is 12.0. The monoisotopic (exact) mass is 242 g/mol. The Morgan fingerprint density at radius 1 is 1.41 bits per heavy atom. The molecule has 1 rings (SSSR count). The highest BCUT2D eigenvalue weighted by atomic mass is 16.5. The molecule has 0 bridgehead atoms. The van der Waals surface area contributed by atoms with Gasteiger partial charge in [-0.1, -0.05) is 26.7 Å². The van der Waals surface area contributed by atoms with E-state index in [0.29, 0.717) is 25.6 Å². The van der Waals surface area contributed by atoms with E-state index in [9.17, 15) is 4.79 Å². The summed E-state index contributed by atoms with van der Waals surface area (Å²) >= 11 is 0. The molecule has 100 valence electrons. The van der Waals surface area contributed by atoms with Gasteiger partial charge in [-0.15, -0.1) is 0 Å². The molecule has 3 N–H and O–H groups in total. The maximum atomic E-state index is 12.0. The van der Waals surface area contributed by atoms with Gasteiger partial charge in [-0.05, 0) is 18.8 Å². The fourth-order valence-electron chi connectivity index (χ4n) is 2.32. The van der Waals surface area contributed by atoms with Gasteiger partial charge in [0.2, 0.25) is 5.91 Å². The third-order valence-electron chi connectivity index (χ3n) is 3.42. The Balaban J connectivity index is 2.20. The second-order valence-corrected chi connectivity index (χ2v) is 5.42. The zero-order valence-electron chi connectivity index (χ0n) is 11.1. The summed E-state index contributed by atoms with van der Waals surface area (Å²) in [7, 11) is 0. The smallest absolute Gasteiger partial charge is 0.227 e. The van der Waals surface area contributed by atoms with E-state index in [4.69, 9.17) is 10.5 Å². The summed E-state index contributed by atoms with van der Waals surface area (Å²) in [5, 5.41) is 2.95. The van der Waals surface area contributed by atoms with Gasteiger partial charge in [-0.25, -0.2) is 0 Å². The molecule has 0 unspecified atom stereocenters. The van der Waals surface area contributed by atoms with Crippen LogP contribution in [0.5, 0.6) is 0 Å². The SMILES string of the molecule is CC(C)COCCNC(=O)C1(CN)CCCC1. The van der Waals surface area contributed by atoms with Crippen LogP contribution >= 0.6 is 0 Å². The van der Waals surface area contributed by atoms with Crippen LogP contribution in [0.2, 0.25) is 0 Å². The molecule has 0 spiro atoms. The average Bonchev–Trinajstić information content (AvgIpc) is 2.77. The van der Waals surface area contributed by atoms with Gasteiger partial charge in [0, 0.05) is 19.7 Å². The van der Waals surface area contributed by atoms with E-state index in [1.165, 1.54) is 0 Å². The maximum absolute atomic E-state index is 12.0. The Hall–Kier alpha value is -0.610. The fourth-order valence-corrected chi connectivity index (χ4v) is 2.32. The lowest BCUT2D eigenvalue weighted by atomic mass is 9.85. The van der Waals surface area contributed by atoms with Crippen LogP contribution in [0.1, 0.15) is 39.5 Å². The molecule has 0 aliphatic heterocycles. The molecular formula is C13H26N2O2. The van der Waals surface area contributed by atoms with Gasteiger partial charge in [0.05, 0.1) is 12.0 Å². The summed E-state index contributed by atoms with van der Waals surface area (Å²) < 4.78 is 5.43. The van der Waals surface area contributed by atoms with Crippen molar-refractivity contribution < 1.29 is 9.53 Å². The van der Waals surface area contributed by atoms with Crippen LogP contribution in [-0.4, -0.2) is 32.2 Å². The molecule has 0 aromatic heterocycles. The number of carbonyl (C=O) groups is 1. The van der Waals surface area contributed by atoms with E-state index in [1.54, 1.807) is 0 Å². The van der Waals surface area contributed by atoms with E-state index in [1.807, 2.05) is 0 Å². The van der Waals surface area contributed by atoms with Gasteiger partial charge in [-0.3, -0.25) is 4.79 Å². The Labute approximate surface area is 104 Å². The molecule has 0 heterocycles. The Kier molecular flexibility index (Phi) is 5.92. The first-order valence-electron chi connectivity index (χ1n) is 6.67. The lowest BCUT2D eigenvalue weighted by Crippen LogP contribution is -2.45. The molecule has 0 aromatic rings. The van der Waals surface area contributed by atoms with Crippen LogP contribution in [0.3, 0.4) is 0 Å². The first-order chi connectivity index (χ1) is 8.10. The normalized spacial score (nSPS) is 18.6. The number of nitrogens with one attached hydrogen (secondary N) is 1. The number of amides is 1. The molecule has 1 fully saturated rings. The zero-order chi connectivity index (χ0) is 12.7. The van der Waals surface area contributed by atoms with Crippen molar-refractivity contribution in [2.24, 2.45) is 17.1 Å². The first-order valence-corrected chi connectivity index (χ1v) is 6.67. The van der Waals surface area contributed by atoms with Crippen molar-refractivity contribution >= 4 is 5.91 Å². The van der Waals surface area contributed by atoms with Gasteiger partial charge in [-0.2, -0.15) is 0 Å². The number of hydrogen-bond acceptors (Lipinski definition) is 3. The molecule has 1 saturated carbocycles. The number of carbonyl (C=O) groups excluding carboxylic acids is 1. The lowest BCUT2D eigenvalue weighted by Gasteiger charge is -2.25. The topological polar surface area (TPSA) is 64.3 Å². The van der Waals surface area contributed by atoms with Gasteiger partial charge < -0.3 is 15.8 Å². The molecule has 0 aromatic carbocycles. The number of ether oxygens (including phenoxy) is 1. The van der Waals surface area contributed by atoms with Crippen molar-refractivity contribution in [2.75, 3.05) is 26.3 Å². The van der Waals surface area contributed by atoms with Crippen LogP contribution in [0.25, 0.3) is 0 Å². The average molecular weight is 242 g/mol. The predicted octanol–water partition coefficient (Wildman–Crippen LogP) is 1.29. The van der Waals surface area contributed by atoms with Crippen LogP contribution in [-0.2, 0) is 9.53 Å². The molecular weight excluding hydrogens is 216 g/mol. The minimum atomic E-state index is -0.294.